The van der Waals surface area contributed by atoms with Crippen LogP contribution in [0, 0.1) is 5.82 Å². The second-order valence-corrected chi connectivity index (χ2v) is 8.62. The topological polar surface area (TPSA) is 77.6 Å². The third-order valence-electron chi connectivity index (χ3n) is 6.40. The predicted octanol–water partition coefficient (Wildman–Crippen LogP) is 4.03. The second-order valence-electron chi connectivity index (χ2n) is 8.62. The van der Waals surface area contributed by atoms with E-state index in [2.05, 4.69) is 15.6 Å². The minimum Gasteiger partial charge on any atom is -0.369 e. The normalized spacial score (nSPS) is 18.9. The van der Waals surface area contributed by atoms with Crippen LogP contribution in [0.4, 0.5) is 20.6 Å². The van der Waals surface area contributed by atoms with Gasteiger partial charge in [-0.05, 0) is 49.6 Å². The van der Waals surface area contributed by atoms with Crippen LogP contribution in [0.25, 0.3) is 0 Å². The maximum atomic E-state index is 14.7. The monoisotopic (exact) mass is 439 g/mol. The Morgan fingerprint density at radius 2 is 1.94 bits per heavy atom. The molecule has 0 bridgehead atoms. The molecule has 2 aromatic rings. The molecule has 1 aromatic carbocycles. The second kappa shape index (κ2) is 9.97. The number of likely N-dealkylation sites (tertiary alicyclic amines) is 1. The Labute approximate surface area is 188 Å². The fourth-order valence-electron chi connectivity index (χ4n) is 4.60. The molecule has 8 heteroatoms. The minimum atomic E-state index is -0.407. The summed E-state index contributed by atoms with van der Waals surface area (Å²) in [6.45, 7) is 0.972. The van der Waals surface area contributed by atoms with Gasteiger partial charge in [0.1, 0.15) is 11.5 Å². The Morgan fingerprint density at radius 1 is 1.12 bits per heavy atom. The number of halogens is 1. The van der Waals surface area contributed by atoms with Gasteiger partial charge in [-0.1, -0.05) is 25.3 Å². The summed E-state index contributed by atoms with van der Waals surface area (Å²) in [5.41, 5.74) is 1.36. The zero-order valence-electron chi connectivity index (χ0n) is 18.4. The fraction of sp³-hybridized carbons (Fsp3) is 0.458. The summed E-state index contributed by atoms with van der Waals surface area (Å²) in [5, 5.41) is 5.58. The number of hydrogen-bond acceptors (Lipinski definition) is 4. The lowest BCUT2D eigenvalue weighted by Gasteiger charge is -2.33. The van der Waals surface area contributed by atoms with Crippen molar-refractivity contribution in [3.8, 4) is 0 Å². The summed E-state index contributed by atoms with van der Waals surface area (Å²) in [4.78, 5) is 32.7. The molecule has 4 rings (SSSR count). The molecule has 7 nitrogen and oxygen atoms in total. The molecule has 1 aliphatic heterocycles. The molecule has 1 aliphatic carbocycles. The molecule has 3 amide bonds. The highest BCUT2D eigenvalue weighted by Crippen LogP contribution is 2.29. The zero-order chi connectivity index (χ0) is 22.5. The van der Waals surface area contributed by atoms with E-state index in [1.165, 1.54) is 25.3 Å². The van der Waals surface area contributed by atoms with E-state index in [1.54, 1.807) is 41.4 Å². The summed E-state index contributed by atoms with van der Waals surface area (Å²) < 4.78 is 14.7. The van der Waals surface area contributed by atoms with Crippen LogP contribution < -0.4 is 15.5 Å². The van der Waals surface area contributed by atoms with E-state index in [1.807, 2.05) is 11.9 Å². The van der Waals surface area contributed by atoms with E-state index in [4.69, 9.17) is 0 Å². The number of carbonyl (C=O) groups excluding carboxylic acids is 2. The Bertz CT molecular complexity index is 949. The highest BCUT2D eigenvalue weighted by molar-refractivity contribution is 5.93. The first kappa shape index (κ1) is 22.0. The quantitative estimate of drug-likeness (QED) is 0.738. The number of amides is 3. The lowest BCUT2D eigenvalue weighted by Crippen LogP contribution is -2.40. The number of aromatic nitrogens is 1. The van der Waals surface area contributed by atoms with Crippen LogP contribution in [-0.4, -0.2) is 54.0 Å². The summed E-state index contributed by atoms with van der Waals surface area (Å²) >= 11 is 0. The minimum absolute atomic E-state index is 0.143. The third-order valence-corrected chi connectivity index (χ3v) is 6.40. The van der Waals surface area contributed by atoms with Gasteiger partial charge in [0.2, 0.25) is 0 Å². The van der Waals surface area contributed by atoms with Crippen molar-refractivity contribution in [3.63, 3.8) is 0 Å². The summed E-state index contributed by atoms with van der Waals surface area (Å²) in [7, 11) is 1.94. The number of rotatable bonds is 5. The van der Waals surface area contributed by atoms with Gasteiger partial charge in [0.05, 0.1) is 5.69 Å². The molecule has 2 heterocycles. The highest BCUT2D eigenvalue weighted by atomic mass is 19.1. The van der Waals surface area contributed by atoms with Gasteiger partial charge < -0.3 is 20.4 Å². The van der Waals surface area contributed by atoms with Crippen LogP contribution in [0.15, 0.2) is 42.6 Å². The number of nitrogens with one attached hydrogen (secondary N) is 2. The highest BCUT2D eigenvalue weighted by Gasteiger charge is 2.28. The SMILES string of the molecule is CN(c1ccc(NC(=O)N[C@@H]2CCN(C(=O)c3ccccn3)C2)cc1F)C1CCCCC1. The predicted molar refractivity (Wildman–Crippen MR) is 122 cm³/mol. The van der Waals surface area contributed by atoms with Crippen molar-refractivity contribution in [2.24, 2.45) is 0 Å². The maximum Gasteiger partial charge on any atom is 0.319 e. The molecule has 170 valence electrons. The van der Waals surface area contributed by atoms with Crippen molar-refractivity contribution >= 4 is 23.3 Å². The molecule has 0 radical (unpaired) electrons. The van der Waals surface area contributed by atoms with Gasteiger partial charge in [-0.15, -0.1) is 0 Å². The summed E-state index contributed by atoms with van der Waals surface area (Å²) in [6.07, 6.45) is 8.03. The average Bonchev–Trinajstić information content (AvgIpc) is 3.27. The zero-order valence-corrected chi connectivity index (χ0v) is 18.4. The van der Waals surface area contributed by atoms with E-state index >= 15 is 0 Å². The maximum absolute atomic E-state index is 14.7. The number of pyridine rings is 1. The first-order valence-corrected chi connectivity index (χ1v) is 11.3. The molecular weight excluding hydrogens is 409 g/mol. The van der Waals surface area contributed by atoms with Crippen LogP contribution >= 0.6 is 0 Å². The Morgan fingerprint density at radius 3 is 2.66 bits per heavy atom. The van der Waals surface area contributed by atoms with Crippen molar-refractivity contribution in [1.29, 1.82) is 0 Å². The molecule has 1 saturated heterocycles. The molecule has 2 N–H and O–H groups in total. The van der Waals surface area contributed by atoms with Crippen molar-refractivity contribution < 1.29 is 14.0 Å². The summed E-state index contributed by atoms with van der Waals surface area (Å²) in [5.74, 6) is -0.487. The molecule has 2 aliphatic rings. The van der Waals surface area contributed by atoms with E-state index in [0.29, 0.717) is 42.6 Å². The van der Waals surface area contributed by atoms with Gasteiger partial charge in [0, 0.05) is 44.1 Å². The van der Waals surface area contributed by atoms with Gasteiger partial charge in [-0.2, -0.15) is 0 Å². The van der Waals surface area contributed by atoms with E-state index in [0.717, 1.165) is 12.8 Å². The van der Waals surface area contributed by atoms with E-state index < -0.39 is 6.03 Å². The number of carbonyl (C=O) groups is 2. The number of anilines is 2. The Balaban J connectivity index is 1.29. The summed E-state index contributed by atoms with van der Waals surface area (Å²) in [6, 6.07) is 9.82. The van der Waals surface area contributed by atoms with Crippen LogP contribution in [0.3, 0.4) is 0 Å². The van der Waals surface area contributed by atoms with Gasteiger partial charge in [-0.3, -0.25) is 9.78 Å². The molecule has 0 spiro atoms. The van der Waals surface area contributed by atoms with Crippen LogP contribution in [0.5, 0.6) is 0 Å². The molecule has 1 atom stereocenters. The molecule has 0 unspecified atom stereocenters. The van der Waals surface area contributed by atoms with Gasteiger partial charge in [0.15, 0.2) is 0 Å². The molecule has 1 saturated carbocycles. The first-order chi connectivity index (χ1) is 15.5. The number of hydrogen-bond donors (Lipinski definition) is 2. The van der Waals surface area contributed by atoms with Crippen LogP contribution in [0.2, 0.25) is 0 Å². The van der Waals surface area contributed by atoms with Crippen molar-refractivity contribution in [3.05, 3.63) is 54.1 Å². The Hall–Kier alpha value is -3.16. The van der Waals surface area contributed by atoms with E-state index in [9.17, 15) is 14.0 Å². The van der Waals surface area contributed by atoms with Crippen LogP contribution in [0.1, 0.15) is 49.0 Å². The number of benzene rings is 1. The largest absolute Gasteiger partial charge is 0.369 e. The number of urea groups is 1. The Kier molecular flexibility index (Phi) is 6.87. The van der Waals surface area contributed by atoms with E-state index in [-0.39, 0.29) is 17.8 Å². The molecule has 1 aromatic heterocycles. The van der Waals surface area contributed by atoms with Gasteiger partial charge >= 0.3 is 6.03 Å². The van der Waals surface area contributed by atoms with Crippen molar-refractivity contribution in [2.45, 2.75) is 50.6 Å². The molecular formula is C24H30FN5O2. The van der Waals surface area contributed by atoms with Crippen LogP contribution in [-0.2, 0) is 0 Å². The smallest absolute Gasteiger partial charge is 0.319 e. The van der Waals surface area contributed by atoms with Gasteiger partial charge in [0.25, 0.3) is 5.91 Å². The molecule has 2 fully saturated rings. The lowest BCUT2D eigenvalue weighted by molar-refractivity contribution is 0.0783. The van der Waals surface area contributed by atoms with Crippen molar-refractivity contribution in [1.82, 2.24) is 15.2 Å². The first-order valence-electron chi connectivity index (χ1n) is 11.3. The third kappa shape index (κ3) is 5.18. The fourth-order valence-corrected chi connectivity index (χ4v) is 4.60. The van der Waals surface area contributed by atoms with Gasteiger partial charge in [-0.25, -0.2) is 9.18 Å². The van der Waals surface area contributed by atoms with Crippen molar-refractivity contribution in [2.75, 3.05) is 30.4 Å². The average molecular weight is 440 g/mol. The molecule has 32 heavy (non-hydrogen) atoms. The standard InChI is InChI=1S/C24H30FN5O2/c1-29(19-7-3-2-4-8-19)22-11-10-17(15-20(22)25)27-24(32)28-18-12-14-30(16-18)23(31)21-9-5-6-13-26-21/h5-6,9-11,13,15,18-19H,2-4,7-8,12,14,16H2,1H3,(H2,27,28,32)/t18-/m1/s1. The lowest BCUT2D eigenvalue weighted by atomic mass is 9.94. The number of nitrogens with zero attached hydrogens (tertiary/aromatic N) is 3.